The van der Waals surface area contributed by atoms with Crippen molar-refractivity contribution in [2.75, 3.05) is 19.8 Å². The van der Waals surface area contributed by atoms with E-state index >= 15 is 0 Å². The molecule has 0 unspecified atom stereocenters. The number of amides is 1. The van der Waals surface area contributed by atoms with Gasteiger partial charge in [-0.3, -0.25) is 4.79 Å². The summed E-state index contributed by atoms with van der Waals surface area (Å²) >= 11 is 0. The Morgan fingerprint density at radius 3 is 2.84 bits per heavy atom. The van der Waals surface area contributed by atoms with E-state index in [0.29, 0.717) is 26.2 Å². The standard InChI is InChI=1S/C20H28N2O3/c1-5-25-17-11-24-9-8-16(17)22-18(23)10-15-14(4)21-20-13(3)7-6-12(2)19(15)20/h6-7,16-17,21H,5,8-11H2,1-4H3,(H,22,23)/t16-,17-/m1/s1. The highest BCUT2D eigenvalue weighted by Gasteiger charge is 2.28. The number of ether oxygens (including phenoxy) is 2. The van der Waals surface area contributed by atoms with Crippen LogP contribution in [-0.4, -0.2) is 42.9 Å². The van der Waals surface area contributed by atoms with Gasteiger partial charge in [0, 0.05) is 29.8 Å². The lowest BCUT2D eigenvalue weighted by Gasteiger charge is -2.31. The maximum atomic E-state index is 12.7. The highest BCUT2D eigenvalue weighted by Crippen LogP contribution is 2.28. The van der Waals surface area contributed by atoms with Gasteiger partial charge >= 0.3 is 0 Å². The van der Waals surface area contributed by atoms with E-state index < -0.39 is 0 Å². The number of nitrogens with one attached hydrogen (secondary N) is 2. The fourth-order valence-electron chi connectivity index (χ4n) is 3.71. The molecule has 2 heterocycles. The minimum absolute atomic E-state index is 0.0227. The highest BCUT2D eigenvalue weighted by molar-refractivity contribution is 5.93. The quantitative estimate of drug-likeness (QED) is 0.876. The third-order valence-electron chi connectivity index (χ3n) is 5.06. The van der Waals surface area contributed by atoms with E-state index in [4.69, 9.17) is 9.47 Å². The van der Waals surface area contributed by atoms with E-state index in [1.807, 2.05) is 13.8 Å². The SMILES string of the molecule is CCO[C@@H]1COCC[C@H]1NC(=O)Cc1c(C)[nH]c2c(C)ccc(C)c12. The number of hydrogen-bond acceptors (Lipinski definition) is 3. The fourth-order valence-corrected chi connectivity index (χ4v) is 3.71. The number of H-pyrrole nitrogens is 1. The lowest BCUT2D eigenvalue weighted by Crippen LogP contribution is -2.50. The van der Waals surface area contributed by atoms with Gasteiger partial charge in [0.2, 0.25) is 5.91 Å². The normalized spacial score (nSPS) is 20.8. The molecule has 1 aromatic carbocycles. The van der Waals surface area contributed by atoms with Crippen LogP contribution in [-0.2, 0) is 20.7 Å². The summed E-state index contributed by atoms with van der Waals surface area (Å²) in [5, 5.41) is 4.34. The van der Waals surface area contributed by atoms with Crippen molar-refractivity contribution in [2.45, 2.75) is 52.7 Å². The zero-order valence-corrected chi connectivity index (χ0v) is 15.6. The van der Waals surface area contributed by atoms with Crippen LogP contribution in [0.1, 0.15) is 35.7 Å². The third-order valence-corrected chi connectivity index (χ3v) is 5.06. The van der Waals surface area contributed by atoms with E-state index in [9.17, 15) is 4.79 Å². The molecule has 1 aliphatic rings. The van der Waals surface area contributed by atoms with Gasteiger partial charge in [-0.15, -0.1) is 0 Å². The van der Waals surface area contributed by atoms with E-state index in [1.54, 1.807) is 0 Å². The monoisotopic (exact) mass is 344 g/mol. The largest absolute Gasteiger partial charge is 0.379 e. The highest BCUT2D eigenvalue weighted by atomic mass is 16.5. The molecule has 2 atom stereocenters. The zero-order chi connectivity index (χ0) is 18.0. The maximum Gasteiger partial charge on any atom is 0.224 e. The summed E-state index contributed by atoms with van der Waals surface area (Å²) in [6, 6.07) is 4.26. The molecule has 1 fully saturated rings. The molecular weight excluding hydrogens is 316 g/mol. The molecule has 3 rings (SSSR count). The lowest BCUT2D eigenvalue weighted by molar-refractivity contribution is -0.125. The summed E-state index contributed by atoms with van der Waals surface area (Å²) in [6.07, 6.45) is 1.11. The number of carbonyl (C=O) groups excluding carboxylic acids is 1. The Labute approximate surface area is 149 Å². The number of fused-ring (bicyclic) bond motifs is 1. The van der Waals surface area contributed by atoms with Crippen molar-refractivity contribution in [2.24, 2.45) is 0 Å². The van der Waals surface area contributed by atoms with E-state index in [1.165, 1.54) is 16.5 Å². The average Bonchev–Trinajstić information content (AvgIpc) is 2.91. The second kappa shape index (κ2) is 7.58. The molecular formula is C20H28N2O3. The van der Waals surface area contributed by atoms with E-state index in [-0.39, 0.29) is 18.1 Å². The molecule has 25 heavy (non-hydrogen) atoms. The summed E-state index contributed by atoms with van der Waals surface area (Å²) in [4.78, 5) is 16.1. The van der Waals surface area contributed by atoms with Gasteiger partial charge in [0.05, 0.1) is 19.1 Å². The number of rotatable bonds is 5. The van der Waals surface area contributed by atoms with Crippen LogP contribution in [0, 0.1) is 20.8 Å². The molecule has 1 aliphatic heterocycles. The molecule has 2 aromatic rings. The van der Waals surface area contributed by atoms with Gasteiger partial charge in [-0.25, -0.2) is 0 Å². The Balaban J connectivity index is 1.78. The van der Waals surface area contributed by atoms with Crippen molar-refractivity contribution in [3.05, 3.63) is 34.5 Å². The van der Waals surface area contributed by atoms with Gasteiger partial charge in [-0.2, -0.15) is 0 Å². The van der Waals surface area contributed by atoms with Crippen molar-refractivity contribution >= 4 is 16.8 Å². The molecule has 136 valence electrons. The molecule has 0 spiro atoms. The molecule has 0 saturated carbocycles. The molecule has 1 saturated heterocycles. The molecule has 2 N–H and O–H groups in total. The second-order valence-corrected chi connectivity index (χ2v) is 6.89. The molecule has 5 heteroatoms. The van der Waals surface area contributed by atoms with E-state index in [2.05, 4.69) is 36.3 Å². The average molecular weight is 344 g/mol. The first-order valence-electron chi connectivity index (χ1n) is 9.07. The molecule has 1 amide bonds. The first-order chi connectivity index (χ1) is 12.0. The predicted octanol–water partition coefficient (Wildman–Crippen LogP) is 2.95. The topological polar surface area (TPSA) is 63.4 Å². The number of aromatic amines is 1. The Morgan fingerprint density at radius 2 is 2.08 bits per heavy atom. The predicted molar refractivity (Wildman–Crippen MR) is 99.0 cm³/mol. The van der Waals surface area contributed by atoms with Crippen LogP contribution in [0.15, 0.2) is 12.1 Å². The summed E-state index contributed by atoms with van der Waals surface area (Å²) in [7, 11) is 0. The van der Waals surface area contributed by atoms with Gasteiger partial charge in [0.15, 0.2) is 0 Å². The Morgan fingerprint density at radius 1 is 1.32 bits per heavy atom. The minimum atomic E-state index is -0.0595. The van der Waals surface area contributed by atoms with Gasteiger partial charge in [-0.1, -0.05) is 12.1 Å². The van der Waals surface area contributed by atoms with Crippen LogP contribution in [0.25, 0.3) is 10.9 Å². The molecule has 1 aromatic heterocycles. The number of benzene rings is 1. The summed E-state index contributed by atoms with van der Waals surface area (Å²) in [5.41, 5.74) is 5.70. The van der Waals surface area contributed by atoms with Gasteiger partial charge in [-0.05, 0) is 50.8 Å². The van der Waals surface area contributed by atoms with Crippen LogP contribution in [0.2, 0.25) is 0 Å². The Kier molecular flexibility index (Phi) is 5.45. The van der Waals surface area contributed by atoms with Crippen molar-refractivity contribution in [1.29, 1.82) is 0 Å². The van der Waals surface area contributed by atoms with Crippen molar-refractivity contribution in [3.8, 4) is 0 Å². The molecule has 0 aliphatic carbocycles. The van der Waals surface area contributed by atoms with Crippen LogP contribution < -0.4 is 5.32 Å². The summed E-state index contributed by atoms with van der Waals surface area (Å²) < 4.78 is 11.2. The first kappa shape index (κ1) is 18.0. The molecule has 0 radical (unpaired) electrons. The maximum absolute atomic E-state index is 12.7. The number of carbonyl (C=O) groups is 1. The number of aromatic nitrogens is 1. The van der Waals surface area contributed by atoms with Crippen molar-refractivity contribution in [1.82, 2.24) is 10.3 Å². The Hall–Kier alpha value is -1.85. The third kappa shape index (κ3) is 3.72. The molecule has 0 bridgehead atoms. The van der Waals surface area contributed by atoms with Gasteiger partial charge < -0.3 is 19.8 Å². The van der Waals surface area contributed by atoms with Crippen molar-refractivity contribution < 1.29 is 14.3 Å². The first-order valence-corrected chi connectivity index (χ1v) is 9.07. The van der Waals surface area contributed by atoms with Gasteiger partial charge in [0.25, 0.3) is 0 Å². The fraction of sp³-hybridized carbons (Fsp3) is 0.550. The summed E-state index contributed by atoms with van der Waals surface area (Å²) in [6.45, 7) is 10.0. The number of aryl methyl sites for hydroxylation is 3. The van der Waals surface area contributed by atoms with Crippen LogP contribution >= 0.6 is 0 Å². The van der Waals surface area contributed by atoms with Crippen molar-refractivity contribution in [3.63, 3.8) is 0 Å². The lowest BCUT2D eigenvalue weighted by atomic mass is 10.00. The summed E-state index contributed by atoms with van der Waals surface area (Å²) in [5.74, 6) is 0.0431. The van der Waals surface area contributed by atoms with Crippen LogP contribution in [0.3, 0.4) is 0 Å². The van der Waals surface area contributed by atoms with Gasteiger partial charge in [0.1, 0.15) is 6.10 Å². The molecule has 5 nitrogen and oxygen atoms in total. The van der Waals surface area contributed by atoms with E-state index in [0.717, 1.165) is 23.2 Å². The second-order valence-electron chi connectivity index (χ2n) is 6.89. The smallest absolute Gasteiger partial charge is 0.224 e. The van der Waals surface area contributed by atoms with Crippen LogP contribution in [0.4, 0.5) is 0 Å². The number of hydrogen-bond donors (Lipinski definition) is 2. The zero-order valence-electron chi connectivity index (χ0n) is 15.6. The Bertz CT molecular complexity index is 764. The van der Waals surface area contributed by atoms with Crippen LogP contribution in [0.5, 0.6) is 0 Å². The minimum Gasteiger partial charge on any atom is -0.379 e.